The maximum absolute atomic E-state index is 6.26. The number of hydrogen-bond donors (Lipinski definition) is 1. The summed E-state index contributed by atoms with van der Waals surface area (Å²) in [4.78, 5) is 13.5. The summed E-state index contributed by atoms with van der Waals surface area (Å²) in [5, 5.41) is 1.09. The highest BCUT2D eigenvalue weighted by Gasteiger charge is 2.25. The van der Waals surface area contributed by atoms with Crippen molar-refractivity contribution >= 4 is 45.1 Å². The van der Waals surface area contributed by atoms with Crippen LogP contribution >= 0.6 is 11.8 Å². The number of para-hydroxylation sites is 4. The highest BCUT2D eigenvalue weighted by Crippen LogP contribution is 2.38. The van der Waals surface area contributed by atoms with E-state index in [1.165, 1.54) is 0 Å². The van der Waals surface area contributed by atoms with Gasteiger partial charge in [0, 0.05) is 63.7 Å². The molecule has 47 heavy (non-hydrogen) atoms. The Balaban J connectivity index is 1.33. The zero-order chi connectivity index (χ0) is 32.3. The number of fused-ring (bicyclic) bond motifs is 6. The van der Waals surface area contributed by atoms with Gasteiger partial charge in [-0.05, 0) is 44.2 Å². The lowest BCUT2D eigenvalue weighted by molar-refractivity contribution is -0.610. The number of nitrogens with zero attached hydrogens (tertiary/aromatic N) is 5. The maximum Gasteiger partial charge on any atom is 0.402 e. The second-order valence-electron chi connectivity index (χ2n) is 11.4. The fourth-order valence-corrected chi connectivity index (χ4v) is 7.34. The summed E-state index contributed by atoms with van der Waals surface area (Å²) in [7, 11) is 3.42. The Morgan fingerprint density at radius 2 is 1.49 bits per heavy atom. The standard InChI is InChI=1S/C36H39N6O4S/c1-24-30(40(17-15-31(24)45-21-9-19-43-3)35-37-26-11-5-6-12-27(26)38-35)23-47-34-33-25(2)32(46-22-10-20-44-4)16-18-41(33)36-39-28-13-7-8-14-29(28)42(34)36/h5-8,11-18H,9-10,19-23H2,1-4H3,(H,37,38)/q+1. The lowest BCUT2D eigenvalue weighted by Crippen LogP contribution is -2.37. The first-order valence-corrected chi connectivity index (χ1v) is 16.8. The zero-order valence-electron chi connectivity index (χ0n) is 27.2. The van der Waals surface area contributed by atoms with Gasteiger partial charge in [0.15, 0.2) is 5.52 Å². The van der Waals surface area contributed by atoms with E-state index in [0.29, 0.717) is 32.2 Å². The summed E-state index contributed by atoms with van der Waals surface area (Å²) in [6, 6.07) is 20.4. The van der Waals surface area contributed by atoms with Gasteiger partial charge in [-0.3, -0.25) is 8.80 Å². The summed E-state index contributed by atoms with van der Waals surface area (Å²) < 4.78 is 29.6. The molecule has 7 aromatic rings. The molecule has 0 atom stereocenters. The molecular weight excluding hydrogens is 613 g/mol. The first-order valence-electron chi connectivity index (χ1n) is 15.9. The molecule has 0 bridgehead atoms. The van der Waals surface area contributed by atoms with Crippen molar-refractivity contribution in [3.8, 4) is 17.4 Å². The number of hydrogen-bond acceptors (Lipinski definition) is 7. The molecule has 242 valence electrons. The minimum atomic E-state index is 0.577. The van der Waals surface area contributed by atoms with Crippen molar-refractivity contribution in [2.24, 2.45) is 0 Å². The van der Waals surface area contributed by atoms with Crippen LogP contribution in [0.4, 0.5) is 0 Å². The fourth-order valence-electron chi connectivity index (χ4n) is 6.01. The number of thioether (sulfide) groups is 1. The van der Waals surface area contributed by atoms with E-state index in [2.05, 4.69) is 56.6 Å². The quantitative estimate of drug-likeness (QED) is 0.0802. The van der Waals surface area contributed by atoms with Crippen molar-refractivity contribution in [2.75, 3.05) is 40.6 Å². The van der Waals surface area contributed by atoms with Crippen molar-refractivity contribution in [2.45, 2.75) is 37.5 Å². The number of aryl methyl sites for hydroxylation is 1. The Kier molecular flexibility index (Phi) is 9.01. The Morgan fingerprint density at radius 3 is 2.23 bits per heavy atom. The predicted molar refractivity (Wildman–Crippen MR) is 184 cm³/mol. The van der Waals surface area contributed by atoms with Crippen LogP contribution in [-0.2, 0) is 15.2 Å². The van der Waals surface area contributed by atoms with E-state index in [1.54, 1.807) is 26.0 Å². The van der Waals surface area contributed by atoms with Crippen molar-refractivity contribution in [3.05, 3.63) is 89.9 Å². The van der Waals surface area contributed by atoms with Gasteiger partial charge in [-0.1, -0.05) is 41.0 Å². The average molecular weight is 652 g/mol. The lowest BCUT2D eigenvalue weighted by Gasteiger charge is -2.15. The molecule has 2 aromatic carbocycles. The Labute approximate surface area is 277 Å². The second kappa shape index (κ2) is 13.6. The molecule has 0 aliphatic rings. The van der Waals surface area contributed by atoms with E-state index in [1.807, 2.05) is 48.7 Å². The van der Waals surface area contributed by atoms with Crippen LogP contribution in [0.15, 0.2) is 78.1 Å². The van der Waals surface area contributed by atoms with E-state index in [-0.39, 0.29) is 0 Å². The lowest BCUT2D eigenvalue weighted by atomic mass is 10.2. The SMILES string of the molecule is COCCCOc1cc[n+](-c2nc3ccccc3[nH]2)c(CSc2c3c(C)c(OCCCOC)ccn3c3nc4ccccc4n23)c1C. The number of H-pyrrole nitrogens is 1. The molecule has 7 rings (SSSR count). The van der Waals surface area contributed by atoms with E-state index >= 15 is 0 Å². The van der Waals surface area contributed by atoms with Crippen molar-refractivity contribution in [1.29, 1.82) is 0 Å². The van der Waals surface area contributed by atoms with Gasteiger partial charge < -0.3 is 18.9 Å². The van der Waals surface area contributed by atoms with Crippen LogP contribution in [0.1, 0.15) is 29.7 Å². The minimum absolute atomic E-state index is 0.577. The van der Waals surface area contributed by atoms with Gasteiger partial charge in [-0.15, -0.1) is 0 Å². The summed E-state index contributed by atoms with van der Waals surface area (Å²) in [5.41, 5.74) is 8.22. The van der Waals surface area contributed by atoms with E-state index < -0.39 is 0 Å². The highest BCUT2D eigenvalue weighted by atomic mass is 32.2. The van der Waals surface area contributed by atoms with Crippen LogP contribution in [0, 0.1) is 13.8 Å². The monoisotopic (exact) mass is 651 g/mol. The fraction of sp³-hybridized carbons (Fsp3) is 0.306. The summed E-state index contributed by atoms with van der Waals surface area (Å²) >= 11 is 1.77. The summed E-state index contributed by atoms with van der Waals surface area (Å²) in [6.45, 7) is 6.73. The molecular formula is C36H39N6O4S+. The molecule has 0 fully saturated rings. The number of ether oxygens (including phenoxy) is 4. The van der Waals surface area contributed by atoms with Crippen LogP contribution in [0.5, 0.6) is 11.5 Å². The van der Waals surface area contributed by atoms with E-state index in [4.69, 9.17) is 28.9 Å². The molecule has 10 nitrogen and oxygen atoms in total. The Bertz CT molecular complexity index is 2150. The molecule has 5 aromatic heterocycles. The van der Waals surface area contributed by atoms with Crippen LogP contribution in [0.25, 0.3) is 39.3 Å². The van der Waals surface area contributed by atoms with Crippen molar-refractivity contribution in [3.63, 3.8) is 0 Å². The van der Waals surface area contributed by atoms with Gasteiger partial charge in [-0.25, -0.2) is 14.5 Å². The molecule has 0 saturated heterocycles. The number of aromatic nitrogens is 6. The molecule has 1 N–H and O–H groups in total. The smallest absolute Gasteiger partial charge is 0.402 e. The Hall–Kier alpha value is -4.58. The molecule has 0 radical (unpaired) electrons. The summed E-state index contributed by atoms with van der Waals surface area (Å²) in [6.07, 6.45) is 5.75. The first kappa shape index (κ1) is 31.0. The third-order valence-electron chi connectivity index (χ3n) is 8.42. The van der Waals surface area contributed by atoms with Gasteiger partial charge in [0.1, 0.15) is 27.7 Å². The molecule has 11 heteroatoms. The van der Waals surface area contributed by atoms with Gasteiger partial charge in [0.05, 0.1) is 41.7 Å². The number of pyridine rings is 2. The van der Waals surface area contributed by atoms with Crippen LogP contribution in [0.3, 0.4) is 0 Å². The van der Waals surface area contributed by atoms with Crippen LogP contribution < -0.4 is 14.0 Å². The van der Waals surface area contributed by atoms with E-state index in [9.17, 15) is 0 Å². The maximum atomic E-state index is 6.26. The number of benzene rings is 2. The topological polar surface area (TPSA) is 91.2 Å². The number of rotatable bonds is 14. The normalized spacial score (nSPS) is 11.8. The van der Waals surface area contributed by atoms with Gasteiger partial charge in [0.2, 0.25) is 5.78 Å². The van der Waals surface area contributed by atoms with Gasteiger partial charge >= 0.3 is 5.95 Å². The summed E-state index contributed by atoms with van der Waals surface area (Å²) in [5.74, 6) is 4.00. The molecule has 0 unspecified atom stereocenters. The number of methoxy groups -OCH3 is 2. The molecule has 0 aliphatic heterocycles. The van der Waals surface area contributed by atoms with Crippen LogP contribution in [0.2, 0.25) is 0 Å². The number of nitrogens with one attached hydrogen (secondary N) is 1. The number of aromatic amines is 1. The molecule has 0 spiro atoms. The Morgan fingerprint density at radius 1 is 0.787 bits per heavy atom. The van der Waals surface area contributed by atoms with E-state index in [0.717, 1.165) is 85.5 Å². The first-order chi connectivity index (χ1) is 23.1. The third-order valence-corrected chi connectivity index (χ3v) is 9.49. The molecule has 5 heterocycles. The minimum Gasteiger partial charge on any atom is -0.493 e. The van der Waals surface area contributed by atoms with Crippen LogP contribution in [-0.4, -0.2) is 64.4 Å². The molecule has 0 aliphatic carbocycles. The van der Waals surface area contributed by atoms with Crippen molar-refractivity contribution < 1.29 is 23.5 Å². The van der Waals surface area contributed by atoms with Gasteiger partial charge in [0.25, 0.3) is 0 Å². The average Bonchev–Trinajstić information content (AvgIpc) is 3.77. The highest BCUT2D eigenvalue weighted by molar-refractivity contribution is 7.98. The van der Waals surface area contributed by atoms with Crippen molar-refractivity contribution in [1.82, 2.24) is 23.8 Å². The zero-order valence-corrected chi connectivity index (χ0v) is 28.0. The molecule has 0 amide bonds. The third kappa shape index (κ3) is 5.90. The van der Waals surface area contributed by atoms with Gasteiger partial charge in [-0.2, -0.15) is 0 Å². The molecule has 0 saturated carbocycles. The second-order valence-corrected chi connectivity index (χ2v) is 12.4. The predicted octanol–water partition coefficient (Wildman–Crippen LogP) is 6.63. The number of imidazole rings is 3. The largest absolute Gasteiger partial charge is 0.493 e.